The summed E-state index contributed by atoms with van der Waals surface area (Å²) in [5, 5.41) is 13.5. The minimum Gasteiger partial charge on any atom is -0.351 e. The first-order valence-corrected chi connectivity index (χ1v) is 6.14. The van der Waals surface area contributed by atoms with Crippen LogP contribution >= 0.6 is 23.2 Å². The number of benzene rings is 1. The monoisotopic (exact) mass is 296 g/mol. The fourth-order valence-electron chi connectivity index (χ4n) is 1.48. The Morgan fingerprint density at radius 2 is 1.79 bits per heavy atom. The van der Waals surface area contributed by atoms with Crippen molar-refractivity contribution in [2.24, 2.45) is 0 Å². The number of anilines is 3. The zero-order valence-corrected chi connectivity index (χ0v) is 11.5. The molecule has 2 N–H and O–H groups in total. The highest BCUT2D eigenvalue weighted by Crippen LogP contribution is 2.29. The van der Waals surface area contributed by atoms with E-state index in [4.69, 9.17) is 23.2 Å². The van der Waals surface area contributed by atoms with Crippen molar-refractivity contribution < 1.29 is 4.79 Å². The van der Waals surface area contributed by atoms with Crippen molar-refractivity contribution >= 4 is 46.2 Å². The highest BCUT2D eigenvalue weighted by atomic mass is 35.5. The lowest BCUT2D eigenvalue weighted by Crippen LogP contribution is -2.08. The van der Waals surface area contributed by atoms with Gasteiger partial charge in [-0.2, -0.15) is 0 Å². The maximum absolute atomic E-state index is 11.1. The lowest BCUT2D eigenvalue weighted by Gasteiger charge is -2.12. The molecule has 0 aliphatic rings. The fraction of sp³-hybridized carbons (Fsp3) is 0.0833. The molecule has 1 heterocycles. The Kier molecular flexibility index (Phi) is 4.19. The molecule has 1 amide bonds. The second-order valence-corrected chi connectivity index (χ2v) is 4.47. The van der Waals surface area contributed by atoms with Gasteiger partial charge < -0.3 is 10.6 Å². The molecule has 0 aliphatic carbocycles. The molecule has 2 rings (SSSR count). The number of rotatable bonds is 3. The van der Waals surface area contributed by atoms with Crippen LogP contribution in [0, 0.1) is 0 Å². The van der Waals surface area contributed by atoms with Crippen molar-refractivity contribution in [1.82, 2.24) is 10.2 Å². The van der Waals surface area contributed by atoms with Crippen LogP contribution in [-0.2, 0) is 4.79 Å². The molecule has 0 saturated carbocycles. The second kappa shape index (κ2) is 5.86. The van der Waals surface area contributed by atoms with Crippen molar-refractivity contribution in [3.8, 4) is 0 Å². The lowest BCUT2D eigenvalue weighted by atomic mass is 10.2. The molecular formula is C12H10Cl2N4O. The molecule has 7 heteroatoms. The highest BCUT2D eigenvalue weighted by molar-refractivity contribution is 6.33. The van der Waals surface area contributed by atoms with Gasteiger partial charge in [0, 0.05) is 13.0 Å². The van der Waals surface area contributed by atoms with Crippen LogP contribution in [0.25, 0.3) is 0 Å². The third-order valence-electron chi connectivity index (χ3n) is 2.23. The summed E-state index contributed by atoms with van der Waals surface area (Å²) in [6.07, 6.45) is 0. The molecule has 0 radical (unpaired) electrons. The molecule has 98 valence electrons. The predicted octanol–water partition coefficient (Wildman–Crippen LogP) is 3.49. The van der Waals surface area contributed by atoms with Gasteiger partial charge in [0.05, 0.1) is 17.1 Å². The number of nitrogens with zero attached hydrogens (tertiary/aromatic N) is 2. The zero-order chi connectivity index (χ0) is 13.8. The van der Waals surface area contributed by atoms with Gasteiger partial charge in [0.15, 0.2) is 10.3 Å². The van der Waals surface area contributed by atoms with E-state index in [2.05, 4.69) is 20.8 Å². The fourth-order valence-corrected chi connectivity index (χ4v) is 1.76. The number of carbonyl (C=O) groups is 1. The first kappa shape index (κ1) is 13.6. The Morgan fingerprint density at radius 1 is 1.11 bits per heavy atom. The van der Waals surface area contributed by atoms with Crippen molar-refractivity contribution in [3.63, 3.8) is 0 Å². The van der Waals surface area contributed by atoms with Crippen LogP contribution in [0.2, 0.25) is 10.3 Å². The van der Waals surface area contributed by atoms with Gasteiger partial charge in [0.25, 0.3) is 0 Å². The summed E-state index contributed by atoms with van der Waals surface area (Å²) in [5.74, 6) is -0.161. The molecule has 19 heavy (non-hydrogen) atoms. The SMILES string of the molecule is CC(=O)Nc1ccccc1Nc1cc(Cl)nnc1Cl. The minimum atomic E-state index is -0.161. The van der Waals surface area contributed by atoms with Gasteiger partial charge in [0.1, 0.15) is 0 Å². The average molecular weight is 297 g/mol. The minimum absolute atomic E-state index is 0.161. The summed E-state index contributed by atoms with van der Waals surface area (Å²) in [6, 6.07) is 8.78. The van der Waals surface area contributed by atoms with Gasteiger partial charge in [-0.1, -0.05) is 35.3 Å². The molecule has 2 aromatic rings. The molecule has 0 spiro atoms. The third-order valence-corrected chi connectivity index (χ3v) is 2.69. The molecule has 1 aromatic carbocycles. The number of amides is 1. The van der Waals surface area contributed by atoms with E-state index in [1.54, 1.807) is 18.2 Å². The smallest absolute Gasteiger partial charge is 0.221 e. The lowest BCUT2D eigenvalue weighted by molar-refractivity contribution is -0.114. The van der Waals surface area contributed by atoms with Crippen molar-refractivity contribution in [2.45, 2.75) is 6.92 Å². The first-order chi connectivity index (χ1) is 9.06. The first-order valence-electron chi connectivity index (χ1n) is 5.38. The standard InChI is InChI=1S/C12H10Cl2N4O/c1-7(19)15-8-4-2-3-5-9(8)16-10-6-11(13)17-18-12(10)14/h2-6H,1H3,(H,15,19)(H,16,17). The topological polar surface area (TPSA) is 66.9 Å². The van der Waals surface area contributed by atoms with Gasteiger partial charge >= 0.3 is 0 Å². The molecule has 5 nitrogen and oxygen atoms in total. The van der Waals surface area contributed by atoms with E-state index in [0.29, 0.717) is 17.1 Å². The second-order valence-electron chi connectivity index (χ2n) is 3.72. The van der Waals surface area contributed by atoms with E-state index >= 15 is 0 Å². The van der Waals surface area contributed by atoms with Crippen molar-refractivity contribution in [3.05, 3.63) is 40.6 Å². The van der Waals surface area contributed by atoms with Gasteiger partial charge in [-0.05, 0) is 12.1 Å². The summed E-state index contributed by atoms with van der Waals surface area (Å²) in [4.78, 5) is 11.1. The van der Waals surface area contributed by atoms with Crippen molar-refractivity contribution in [2.75, 3.05) is 10.6 Å². The predicted molar refractivity (Wildman–Crippen MR) is 76.1 cm³/mol. The Hall–Kier alpha value is -1.85. The van der Waals surface area contributed by atoms with Crippen LogP contribution in [0.15, 0.2) is 30.3 Å². The summed E-state index contributed by atoms with van der Waals surface area (Å²) in [6.45, 7) is 1.44. The van der Waals surface area contributed by atoms with Gasteiger partial charge in [-0.15, -0.1) is 10.2 Å². The third kappa shape index (κ3) is 3.56. The van der Waals surface area contributed by atoms with Crippen LogP contribution in [0.4, 0.5) is 17.1 Å². The maximum Gasteiger partial charge on any atom is 0.221 e. The Balaban J connectivity index is 2.32. The number of carbonyl (C=O) groups excluding carboxylic acids is 1. The number of hydrogen-bond acceptors (Lipinski definition) is 4. The Morgan fingerprint density at radius 3 is 2.47 bits per heavy atom. The zero-order valence-electron chi connectivity index (χ0n) is 9.95. The summed E-state index contributed by atoms with van der Waals surface area (Å²) >= 11 is 11.7. The van der Waals surface area contributed by atoms with E-state index in [-0.39, 0.29) is 16.2 Å². The van der Waals surface area contributed by atoms with E-state index in [1.165, 1.54) is 6.92 Å². The van der Waals surface area contributed by atoms with Gasteiger partial charge in [-0.25, -0.2) is 0 Å². The van der Waals surface area contributed by atoms with E-state index in [1.807, 2.05) is 12.1 Å². The summed E-state index contributed by atoms with van der Waals surface area (Å²) in [7, 11) is 0. The van der Waals surface area contributed by atoms with Crippen LogP contribution < -0.4 is 10.6 Å². The normalized spacial score (nSPS) is 10.1. The number of para-hydroxylation sites is 2. The number of hydrogen-bond donors (Lipinski definition) is 2. The van der Waals surface area contributed by atoms with Gasteiger partial charge in [0.2, 0.25) is 5.91 Å². The van der Waals surface area contributed by atoms with E-state index in [9.17, 15) is 4.79 Å². The molecule has 0 bridgehead atoms. The maximum atomic E-state index is 11.1. The van der Waals surface area contributed by atoms with Crippen LogP contribution in [0.5, 0.6) is 0 Å². The highest BCUT2D eigenvalue weighted by Gasteiger charge is 2.08. The van der Waals surface area contributed by atoms with Crippen LogP contribution in [-0.4, -0.2) is 16.1 Å². The summed E-state index contributed by atoms with van der Waals surface area (Å²) in [5.41, 5.74) is 1.84. The Bertz CT molecular complexity index is 618. The number of aromatic nitrogens is 2. The Labute approximate surface area is 119 Å². The molecule has 0 fully saturated rings. The van der Waals surface area contributed by atoms with Crippen LogP contribution in [0.3, 0.4) is 0 Å². The quantitative estimate of drug-likeness (QED) is 0.910. The molecular weight excluding hydrogens is 287 g/mol. The van der Waals surface area contributed by atoms with E-state index < -0.39 is 0 Å². The largest absolute Gasteiger partial charge is 0.351 e. The molecule has 0 saturated heterocycles. The molecule has 0 atom stereocenters. The number of nitrogens with one attached hydrogen (secondary N) is 2. The molecule has 0 aliphatic heterocycles. The average Bonchev–Trinajstić information content (AvgIpc) is 2.35. The summed E-state index contributed by atoms with van der Waals surface area (Å²) < 4.78 is 0. The molecule has 0 unspecified atom stereocenters. The molecule has 1 aromatic heterocycles. The number of halogens is 2. The van der Waals surface area contributed by atoms with E-state index in [0.717, 1.165) is 0 Å². The van der Waals surface area contributed by atoms with Crippen LogP contribution in [0.1, 0.15) is 6.92 Å². The van der Waals surface area contributed by atoms with Gasteiger partial charge in [-0.3, -0.25) is 4.79 Å². The van der Waals surface area contributed by atoms with Crippen molar-refractivity contribution in [1.29, 1.82) is 0 Å².